The molecule has 0 fully saturated rings. The summed E-state index contributed by atoms with van der Waals surface area (Å²) in [7, 11) is 0. The van der Waals surface area contributed by atoms with E-state index in [1.807, 2.05) is 38.1 Å². The summed E-state index contributed by atoms with van der Waals surface area (Å²) in [6, 6.07) is 7.83. The minimum atomic E-state index is -0.0566. The van der Waals surface area contributed by atoms with Crippen molar-refractivity contribution in [2.45, 2.75) is 37.5 Å². The standard InChI is InChI=1S/C16H20N2O2S2/c1-4-20-11(2)16-18-14(10-22-16)9-21-15-7-5-13(6-8-15)17-12(3)19/h5-8,10-11H,4,9H2,1-3H3,(H,17,19). The van der Waals surface area contributed by atoms with Crippen molar-refractivity contribution in [1.82, 2.24) is 4.98 Å². The van der Waals surface area contributed by atoms with Crippen LogP contribution in [0.2, 0.25) is 0 Å². The molecule has 4 nitrogen and oxygen atoms in total. The highest BCUT2D eigenvalue weighted by atomic mass is 32.2. The molecule has 6 heteroatoms. The molecule has 0 saturated heterocycles. The normalized spacial score (nSPS) is 12.1. The van der Waals surface area contributed by atoms with Crippen LogP contribution in [-0.4, -0.2) is 17.5 Å². The van der Waals surface area contributed by atoms with Gasteiger partial charge >= 0.3 is 0 Å². The van der Waals surface area contributed by atoms with Crippen LogP contribution in [0.4, 0.5) is 5.69 Å². The van der Waals surface area contributed by atoms with Crippen molar-refractivity contribution in [3.8, 4) is 0 Å². The van der Waals surface area contributed by atoms with Gasteiger partial charge in [0.05, 0.1) is 5.69 Å². The zero-order valence-corrected chi connectivity index (χ0v) is 14.6. The summed E-state index contributed by atoms with van der Waals surface area (Å²) in [5.74, 6) is 0.772. The van der Waals surface area contributed by atoms with Crippen LogP contribution in [0, 0.1) is 0 Å². The highest BCUT2D eigenvalue weighted by molar-refractivity contribution is 7.98. The largest absolute Gasteiger partial charge is 0.372 e. The second kappa shape index (κ2) is 8.31. The number of anilines is 1. The van der Waals surface area contributed by atoms with Gasteiger partial charge in [-0.2, -0.15) is 0 Å². The van der Waals surface area contributed by atoms with E-state index in [1.54, 1.807) is 23.1 Å². The first kappa shape index (κ1) is 17.0. The number of carbonyl (C=O) groups is 1. The molecule has 1 N–H and O–H groups in total. The number of rotatable bonds is 7. The van der Waals surface area contributed by atoms with Crippen molar-refractivity contribution in [3.05, 3.63) is 40.3 Å². The molecule has 2 rings (SSSR count). The number of hydrogen-bond donors (Lipinski definition) is 1. The molecule has 22 heavy (non-hydrogen) atoms. The molecule has 0 aliphatic heterocycles. The lowest BCUT2D eigenvalue weighted by atomic mass is 10.3. The average molecular weight is 336 g/mol. The van der Waals surface area contributed by atoms with Gasteiger partial charge in [0, 0.05) is 35.2 Å². The van der Waals surface area contributed by atoms with Crippen molar-refractivity contribution >= 4 is 34.7 Å². The molecular formula is C16H20N2O2S2. The Labute approximate surface area is 139 Å². The SMILES string of the molecule is CCOC(C)c1nc(CSc2ccc(NC(C)=O)cc2)cs1. The van der Waals surface area contributed by atoms with E-state index < -0.39 is 0 Å². The Morgan fingerprint density at radius 1 is 1.41 bits per heavy atom. The van der Waals surface area contributed by atoms with Crippen LogP contribution in [0.25, 0.3) is 0 Å². The number of thiazole rings is 1. The summed E-state index contributed by atoms with van der Waals surface area (Å²) in [6.07, 6.45) is 0.0608. The van der Waals surface area contributed by atoms with E-state index >= 15 is 0 Å². The van der Waals surface area contributed by atoms with E-state index in [2.05, 4.69) is 15.7 Å². The molecule has 0 spiro atoms. The fourth-order valence-corrected chi connectivity index (χ4v) is 3.61. The Kier molecular flexibility index (Phi) is 6.42. The van der Waals surface area contributed by atoms with E-state index in [4.69, 9.17) is 4.74 Å². The lowest BCUT2D eigenvalue weighted by Gasteiger charge is -2.07. The fraction of sp³-hybridized carbons (Fsp3) is 0.375. The first-order valence-electron chi connectivity index (χ1n) is 7.15. The Morgan fingerprint density at radius 2 is 2.14 bits per heavy atom. The van der Waals surface area contributed by atoms with Crippen molar-refractivity contribution in [2.75, 3.05) is 11.9 Å². The lowest BCUT2D eigenvalue weighted by molar-refractivity contribution is -0.114. The molecule has 1 unspecified atom stereocenters. The number of amides is 1. The third kappa shape index (κ3) is 5.12. The maximum Gasteiger partial charge on any atom is 0.221 e. The molecule has 1 aromatic carbocycles. The van der Waals surface area contributed by atoms with Gasteiger partial charge in [-0.3, -0.25) is 4.79 Å². The summed E-state index contributed by atoms with van der Waals surface area (Å²) in [6.45, 7) is 6.22. The van der Waals surface area contributed by atoms with Crippen molar-refractivity contribution < 1.29 is 9.53 Å². The highest BCUT2D eigenvalue weighted by Crippen LogP contribution is 2.27. The van der Waals surface area contributed by atoms with Crippen molar-refractivity contribution in [2.24, 2.45) is 0 Å². The van der Waals surface area contributed by atoms with Gasteiger partial charge in [-0.25, -0.2) is 4.98 Å². The lowest BCUT2D eigenvalue weighted by Crippen LogP contribution is -2.05. The first-order chi connectivity index (χ1) is 10.6. The Hall–Kier alpha value is -1.37. The predicted octanol–water partition coefficient (Wildman–Crippen LogP) is 4.49. The third-order valence-corrected chi connectivity index (χ3v) is 5.00. The zero-order chi connectivity index (χ0) is 15.9. The molecule has 118 valence electrons. The van der Waals surface area contributed by atoms with Crippen LogP contribution in [0.3, 0.4) is 0 Å². The minimum Gasteiger partial charge on any atom is -0.372 e. The molecule has 0 bridgehead atoms. The Morgan fingerprint density at radius 3 is 2.77 bits per heavy atom. The van der Waals surface area contributed by atoms with Gasteiger partial charge in [0.1, 0.15) is 11.1 Å². The summed E-state index contributed by atoms with van der Waals surface area (Å²) in [4.78, 5) is 16.7. The number of benzene rings is 1. The van der Waals surface area contributed by atoms with Gasteiger partial charge in [0.2, 0.25) is 5.91 Å². The van der Waals surface area contributed by atoms with Gasteiger partial charge < -0.3 is 10.1 Å². The smallest absolute Gasteiger partial charge is 0.221 e. The number of nitrogens with zero attached hydrogens (tertiary/aromatic N) is 1. The van der Waals surface area contributed by atoms with E-state index in [9.17, 15) is 4.79 Å². The molecule has 1 aromatic heterocycles. The average Bonchev–Trinajstić information content (AvgIpc) is 2.95. The molecule has 0 saturated carbocycles. The quantitative estimate of drug-likeness (QED) is 0.757. The molecular weight excluding hydrogens is 316 g/mol. The van der Waals surface area contributed by atoms with Gasteiger partial charge in [0.15, 0.2) is 0 Å². The van der Waals surface area contributed by atoms with Gasteiger partial charge in [-0.1, -0.05) is 0 Å². The maximum absolute atomic E-state index is 11.0. The third-order valence-electron chi connectivity index (χ3n) is 2.90. The van der Waals surface area contributed by atoms with Crippen molar-refractivity contribution in [3.63, 3.8) is 0 Å². The summed E-state index contributed by atoms with van der Waals surface area (Å²) in [5, 5.41) is 5.87. The van der Waals surface area contributed by atoms with Crippen molar-refractivity contribution in [1.29, 1.82) is 0 Å². The van der Waals surface area contributed by atoms with E-state index in [0.717, 1.165) is 27.0 Å². The number of carbonyl (C=O) groups excluding carboxylic acids is 1. The number of nitrogens with one attached hydrogen (secondary N) is 1. The molecule has 0 radical (unpaired) electrons. The van der Waals surface area contributed by atoms with Crippen LogP contribution in [-0.2, 0) is 15.3 Å². The van der Waals surface area contributed by atoms with Gasteiger partial charge in [-0.05, 0) is 38.1 Å². The first-order valence-corrected chi connectivity index (χ1v) is 9.01. The number of hydrogen-bond acceptors (Lipinski definition) is 5. The van der Waals surface area contributed by atoms with E-state index in [-0.39, 0.29) is 12.0 Å². The topological polar surface area (TPSA) is 51.2 Å². The Balaban J connectivity index is 1.88. The van der Waals surface area contributed by atoms with Gasteiger partial charge in [-0.15, -0.1) is 23.1 Å². The molecule has 1 atom stereocenters. The van der Waals surface area contributed by atoms with Crippen LogP contribution in [0.5, 0.6) is 0 Å². The van der Waals surface area contributed by atoms with Gasteiger partial charge in [0.25, 0.3) is 0 Å². The summed E-state index contributed by atoms with van der Waals surface area (Å²) >= 11 is 3.38. The van der Waals surface area contributed by atoms with Crippen LogP contribution >= 0.6 is 23.1 Å². The fourth-order valence-electron chi connectivity index (χ4n) is 1.89. The maximum atomic E-state index is 11.0. The second-order valence-electron chi connectivity index (χ2n) is 4.77. The summed E-state index contributed by atoms with van der Waals surface area (Å²) < 4.78 is 5.56. The van der Waals surface area contributed by atoms with Crippen LogP contribution in [0.15, 0.2) is 34.5 Å². The molecule has 0 aliphatic rings. The molecule has 1 heterocycles. The van der Waals surface area contributed by atoms with E-state index in [0.29, 0.717) is 6.61 Å². The van der Waals surface area contributed by atoms with Crippen LogP contribution in [0.1, 0.15) is 37.6 Å². The van der Waals surface area contributed by atoms with Crippen LogP contribution < -0.4 is 5.32 Å². The monoisotopic (exact) mass is 336 g/mol. The number of ether oxygens (including phenoxy) is 1. The second-order valence-corrected chi connectivity index (χ2v) is 6.71. The summed E-state index contributed by atoms with van der Waals surface area (Å²) in [5.41, 5.74) is 1.89. The Bertz CT molecular complexity index is 611. The number of thioether (sulfide) groups is 1. The molecule has 1 amide bonds. The zero-order valence-electron chi connectivity index (χ0n) is 13.0. The number of aromatic nitrogens is 1. The van der Waals surface area contributed by atoms with E-state index in [1.165, 1.54) is 6.92 Å². The predicted molar refractivity (Wildman–Crippen MR) is 92.5 cm³/mol. The highest BCUT2D eigenvalue weighted by Gasteiger charge is 2.10. The molecule has 2 aromatic rings. The molecule has 0 aliphatic carbocycles. The minimum absolute atomic E-state index is 0.0566.